The lowest BCUT2D eigenvalue weighted by atomic mass is 10.2. The van der Waals surface area contributed by atoms with Gasteiger partial charge in [0.2, 0.25) is 0 Å². The normalized spacial score (nSPS) is 11.8. The molecule has 0 radical (unpaired) electrons. The molecule has 86 valence electrons. The molecule has 17 heavy (non-hydrogen) atoms. The number of nitrogens with zero attached hydrogens (tertiary/aromatic N) is 2. The molecule has 1 heterocycles. The predicted molar refractivity (Wildman–Crippen MR) is 73.0 cm³/mol. The van der Waals surface area contributed by atoms with Crippen molar-refractivity contribution in [2.45, 2.75) is 13.0 Å². The van der Waals surface area contributed by atoms with Gasteiger partial charge in [-0.05, 0) is 41.1 Å². The van der Waals surface area contributed by atoms with Gasteiger partial charge in [0.15, 0.2) is 0 Å². The van der Waals surface area contributed by atoms with Gasteiger partial charge in [0.1, 0.15) is 0 Å². The van der Waals surface area contributed by atoms with Gasteiger partial charge in [-0.3, -0.25) is 0 Å². The first-order chi connectivity index (χ1) is 8.20. The van der Waals surface area contributed by atoms with Crippen LogP contribution in [0, 0.1) is 11.3 Å². The van der Waals surface area contributed by atoms with Crippen molar-refractivity contribution >= 4 is 33.0 Å². The summed E-state index contributed by atoms with van der Waals surface area (Å²) in [6, 6.07) is 7.74. The van der Waals surface area contributed by atoms with Crippen LogP contribution in [-0.4, -0.2) is 4.98 Å². The van der Waals surface area contributed by atoms with Crippen molar-refractivity contribution < 1.29 is 0 Å². The van der Waals surface area contributed by atoms with Gasteiger partial charge < -0.3 is 5.32 Å². The molecule has 2 aromatic rings. The Hall–Kier alpha value is -1.38. The summed E-state index contributed by atoms with van der Waals surface area (Å²) in [7, 11) is 0. The number of rotatable bonds is 3. The Labute approximate surface area is 112 Å². The summed E-state index contributed by atoms with van der Waals surface area (Å²) < 4.78 is 0.888. The molecule has 1 atom stereocenters. The monoisotopic (exact) mass is 307 g/mol. The average Bonchev–Trinajstić information content (AvgIpc) is 2.85. The fraction of sp³-hybridized carbons (Fsp3) is 0.167. The van der Waals surface area contributed by atoms with Crippen LogP contribution in [0.1, 0.15) is 24.2 Å². The lowest BCUT2D eigenvalue weighted by Gasteiger charge is -2.14. The highest BCUT2D eigenvalue weighted by atomic mass is 79.9. The van der Waals surface area contributed by atoms with Crippen LogP contribution in [-0.2, 0) is 0 Å². The predicted octanol–water partition coefficient (Wildman–Crippen LogP) is 3.95. The lowest BCUT2D eigenvalue weighted by Crippen LogP contribution is -2.07. The highest BCUT2D eigenvalue weighted by molar-refractivity contribution is 9.10. The molecular formula is C12H10BrN3S. The average molecular weight is 308 g/mol. The van der Waals surface area contributed by atoms with E-state index in [0.717, 1.165) is 15.9 Å². The largest absolute Gasteiger partial charge is 0.376 e. The number of benzene rings is 1. The molecule has 3 nitrogen and oxygen atoms in total. The van der Waals surface area contributed by atoms with Crippen molar-refractivity contribution in [1.82, 2.24) is 4.98 Å². The lowest BCUT2D eigenvalue weighted by molar-refractivity contribution is 0.849. The summed E-state index contributed by atoms with van der Waals surface area (Å²) in [5.74, 6) is 0. The quantitative estimate of drug-likeness (QED) is 0.934. The molecule has 0 saturated heterocycles. The van der Waals surface area contributed by atoms with E-state index in [1.165, 1.54) is 0 Å². The zero-order chi connectivity index (χ0) is 12.3. The minimum Gasteiger partial charge on any atom is -0.376 e. The third kappa shape index (κ3) is 2.84. The van der Waals surface area contributed by atoms with Crippen LogP contribution in [0.15, 0.2) is 33.6 Å². The number of nitrogens with one attached hydrogen (secondary N) is 1. The van der Waals surface area contributed by atoms with Crippen LogP contribution in [0.25, 0.3) is 0 Å². The fourth-order valence-corrected chi connectivity index (χ4v) is 2.59. The van der Waals surface area contributed by atoms with E-state index in [1.807, 2.05) is 17.0 Å². The molecule has 5 heteroatoms. The first-order valence-corrected chi connectivity index (χ1v) is 6.78. The number of hydrogen-bond donors (Lipinski definition) is 1. The van der Waals surface area contributed by atoms with E-state index in [0.29, 0.717) is 5.56 Å². The molecule has 0 bridgehead atoms. The van der Waals surface area contributed by atoms with E-state index in [4.69, 9.17) is 5.26 Å². The second-order valence-corrected chi connectivity index (χ2v) is 5.16. The van der Waals surface area contributed by atoms with Crippen LogP contribution in [0.2, 0.25) is 0 Å². The summed E-state index contributed by atoms with van der Waals surface area (Å²) >= 11 is 5.03. The molecule has 0 aliphatic heterocycles. The maximum absolute atomic E-state index is 8.79. The van der Waals surface area contributed by atoms with E-state index in [9.17, 15) is 0 Å². The zero-order valence-corrected chi connectivity index (χ0v) is 11.5. The van der Waals surface area contributed by atoms with Gasteiger partial charge >= 0.3 is 0 Å². The number of aromatic nitrogens is 1. The number of thiazole rings is 1. The Kier molecular flexibility index (Phi) is 3.77. The topological polar surface area (TPSA) is 48.7 Å². The molecule has 0 aliphatic carbocycles. The van der Waals surface area contributed by atoms with Crippen molar-refractivity contribution in [3.05, 3.63) is 44.8 Å². The molecule has 2 rings (SSSR count). The van der Waals surface area contributed by atoms with Gasteiger partial charge in [-0.1, -0.05) is 0 Å². The number of anilines is 1. The molecule has 1 unspecified atom stereocenters. The second kappa shape index (κ2) is 5.30. The highest BCUT2D eigenvalue weighted by Gasteiger charge is 2.09. The first-order valence-electron chi connectivity index (χ1n) is 5.05. The Morgan fingerprint density at radius 2 is 2.35 bits per heavy atom. The Morgan fingerprint density at radius 3 is 2.94 bits per heavy atom. The number of nitriles is 1. The molecule has 0 spiro atoms. The standard InChI is InChI=1S/C12H10BrN3S/c1-8(12-6-17-7-15-12)16-11-3-2-9(5-14)4-10(11)13/h2-4,6-8,16H,1H3. The van der Waals surface area contributed by atoms with Crippen LogP contribution in [0.3, 0.4) is 0 Å². The van der Waals surface area contributed by atoms with Crippen LogP contribution in [0.4, 0.5) is 5.69 Å². The third-order valence-corrected chi connectivity index (χ3v) is 3.63. The van der Waals surface area contributed by atoms with Crippen molar-refractivity contribution in [1.29, 1.82) is 5.26 Å². The van der Waals surface area contributed by atoms with Gasteiger partial charge in [0.05, 0.1) is 28.9 Å². The van der Waals surface area contributed by atoms with Crippen molar-refractivity contribution in [2.24, 2.45) is 0 Å². The van der Waals surface area contributed by atoms with Crippen LogP contribution in [0.5, 0.6) is 0 Å². The minimum absolute atomic E-state index is 0.144. The van der Waals surface area contributed by atoms with Crippen molar-refractivity contribution in [2.75, 3.05) is 5.32 Å². The van der Waals surface area contributed by atoms with Gasteiger partial charge in [-0.25, -0.2) is 4.98 Å². The molecule has 1 N–H and O–H groups in total. The van der Waals surface area contributed by atoms with E-state index in [2.05, 4.69) is 39.2 Å². The van der Waals surface area contributed by atoms with Gasteiger partial charge in [0.25, 0.3) is 0 Å². The third-order valence-electron chi connectivity index (χ3n) is 2.37. The fourth-order valence-electron chi connectivity index (χ4n) is 1.44. The van der Waals surface area contributed by atoms with Crippen molar-refractivity contribution in [3.63, 3.8) is 0 Å². The summed E-state index contributed by atoms with van der Waals surface area (Å²) in [6.07, 6.45) is 0. The van der Waals surface area contributed by atoms with Gasteiger partial charge in [-0.2, -0.15) is 5.26 Å². The minimum atomic E-state index is 0.144. The SMILES string of the molecule is CC(Nc1ccc(C#N)cc1Br)c1cscn1. The van der Waals surface area contributed by atoms with E-state index in [-0.39, 0.29) is 6.04 Å². The second-order valence-electron chi connectivity index (χ2n) is 3.59. The van der Waals surface area contributed by atoms with Gasteiger partial charge in [0, 0.05) is 15.5 Å². The maximum Gasteiger partial charge on any atom is 0.0992 e. The summed E-state index contributed by atoms with van der Waals surface area (Å²) in [4.78, 5) is 4.26. The molecule has 0 fully saturated rings. The summed E-state index contributed by atoms with van der Waals surface area (Å²) in [5.41, 5.74) is 4.45. The summed E-state index contributed by atoms with van der Waals surface area (Å²) in [5, 5.41) is 14.2. The molecule has 1 aromatic heterocycles. The number of hydrogen-bond acceptors (Lipinski definition) is 4. The smallest absolute Gasteiger partial charge is 0.0992 e. The van der Waals surface area contributed by atoms with E-state index in [1.54, 1.807) is 23.5 Å². The summed E-state index contributed by atoms with van der Waals surface area (Å²) in [6.45, 7) is 2.06. The zero-order valence-electron chi connectivity index (χ0n) is 9.14. The highest BCUT2D eigenvalue weighted by Crippen LogP contribution is 2.27. The first kappa shape index (κ1) is 12.1. The molecule has 1 aromatic carbocycles. The molecule has 0 aliphatic rings. The Bertz CT molecular complexity index is 545. The molecular weight excluding hydrogens is 298 g/mol. The Balaban J connectivity index is 2.17. The number of halogens is 1. The van der Waals surface area contributed by atoms with E-state index < -0.39 is 0 Å². The van der Waals surface area contributed by atoms with Crippen LogP contribution >= 0.6 is 27.3 Å². The van der Waals surface area contributed by atoms with Crippen molar-refractivity contribution in [3.8, 4) is 6.07 Å². The Morgan fingerprint density at radius 1 is 1.53 bits per heavy atom. The maximum atomic E-state index is 8.79. The van der Waals surface area contributed by atoms with Crippen LogP contribution < -0.4 is 5.32 Å². The van der Waals surface area contributed by atoms with Gasteiger partial charge in [-0.15, -0.1) is 11.3 Å². The van der Waals surface area contributed by atoms with E-state index >= 15 is 0 Å². The molecule has 0 amide bonds. The molecule has 0 saturated carbocycles.